The topological polar surface area (TPSA) is 34.1 Å². The molecule has 1 N–H and O–H groups in total. The molecule has 2 atom stereocenters. The Morgan fingerprint density at radius 3 is 3.05 bits per heavy atom. The molecule has 0 amide bonds. The van der Waals surface area contributed by atoms with Crippen LogP contribution in [0, 0.1) is 5.92 Å². The van der Waals surface area contributed by atoms with Crippen LogP contribution in [0.3, 0.4) is 0 Å². The summed E-state index contributed by atoms with van der Waals surface area (Å²) in [4.78, 5) is 4.48. The molecule has 112 valence electrons. The number of aromatic nitrogens is 1. The van der Waals surface area contributed by atoms with E-state index in [9.17, 15) is 0 Å². The molecule has 1 saturated carbocycles. The van der Waals surface area contributed by atoms with Crippen LogP contribution >= 0.6 is 11.6 Å². The summed E-state index contributed by atoms with van der Waals surface area (Å²) in [6.07, 6.45) is 6.60. The van der Waals surface area contributed by atoms with Crippen LogP contribution < -0.4 is 10.1 Å². The molecule has 3 rings (SSSR count). The van der Waals surface area contributed by atoms with Crippen LogP contribution in [-0.4, -0.2) is 24.0 Å². The first kappa shape index (κ1) is 14.5. The van der Waals surface area contributed by atoms with Crippen LogP contribution in [0.4, 0.5) is 5.82 Å². The first-order valence-corrected chi connectivity index (χ1v) is 8.00. The van der Waals surface area contributed by atoms with Crippen LogP contribution in [0.1, 0.15) is 25.7 Å². The molecule has 1 aromatic carbocycles. The van der Waals surface area contributed by atoms with Gasteiger partial charge in [0.05, 0.1) is 7.11 Å². The summed E-state index contributed by atoms with van der Waals surface area (Å²) in [5.41, 5.74) is 0. The Bertz CT molecular complexity index is 617. The number of hydrogen-bond donors (Lipinski definition) is 1. The molecule has 2 unspecified atom stereocenters. The van der Waals surface area contributed by atoms with E-state index in [0.29, 0.717) is 11.3 Å². The van der Waals surface area contributed by atoms with Gasteiger partial charge < -0.3 is 10.1 Å². The van der Waals surface area contributed by atoms with Gasteiger partial charge in [0.2, 0.25) is 0 Å². The SMILES string of the molecule is COc1ccc2c(NCC3CCCC(Cl)C3)nccc2c1. The Labute approximate surface area is 130 Å². The van der Waals surface area contributed by atoms with Gasteiger partial charge in [-0.25, -0.2) is 4.98 Å². The monoisotopic (exact) mass is 304 g/mol. The Morgan fingerprint density at radius 2 is 2.24 bits per heavy atom. The van der Waals surface area contributed by atoms with Gasteiger partial charge in [0.15, 0.2) is 0 Å². The van der Waals surface area contributed by atoms with E-state index in [-0.39, 0.29) is 0 Å². The number of hydrogen-bond acceptors (Lipinski definition) is 3. The van der Waals surface area contributed by atoms with Gasteiger partial charge in [-0.1, -0.05) is 6.42 Å². The van der Waals surface area contributed by atoms with E-state index in [0.717, 1.165) is 41.7 Å². The lowest BCUT2D eigenvalue weighted by Gasteiger charge is -2.25. The Morgan fingerprint density at radius 1 is 1.33 bits per heavy atom. The van der Waals surface area contributed by atoms with Crippen molar-refractivity contribution in [2.75, 3.05) is 19.0 Å². The quantitative estimate of drug-likeness (QED) is 0.847. The average Bonchev–Trinajstić information content (AvgIpc) is 2.52. The first-order valence-electron chi connectivity index (χ1n) is 7.57. The van der Waals surface area contributed by atoms with Crippen molar-refractivity contribution >= 4 is 28.2 Å². The normalized spacial score (nSPS) is 22.2. The van der Waals surface area contributed by atoms with Crippen LogP contribution in [0.15, 0.2) is 30.5 Å². The van der Waals surface area contributed by atoms with Crippen molar-refractivity contribution in [3.8, 4) is 5.75 Å². The third-order valence-electron chi connectivity index (χ3n) is 4.25. The van der Waals surface area contributed by atoms with Gasteiger partial charge in [0, 0.05) is 23.5 Å². The zero-order chi connectivity index (χ0) is 14.7. The highest BCUT2D eigenvalue weighted by Gasteiger charge is 2.20. The molecule has 0 bridgehead atoms. The van der Waals surface area contributed by atoms with Crippen LogP contribution in [0.25, 0.3) is 10.8 Å². The summed E-state index contributed by atoms with van der Waals surface area (Å²) in [5, 5.41) is 6.13. The third kappa shape index (κ3) is 3.41. The van der Waals surface area contributed by atoms with E-state index >= 15 is 0 Å². The number of fused-ring (bicyclic) bond motifs is 1. The maximum atomic E-state index is 6.26. The lowest BCUT2D eigenvalue weighted by Crippen LogP contribution is -2.22. The zero-order valence-corrected chi connectivity index (χ0v) is 13.1. The lowest BCUT2D eigenvalue weighted by atomic mass is 9.89. The molecule has 1 aromatic heterocycles. The van der Waals surface area contributed by atoms with Crippen molar-refractivity contribution in [2.45, 2.75) is 31.1 Å². The summed E-state index contributed by atoms with van der Waals surface area (Å²) < 4.78 is 5.27. The smallest absolute Gasteiger partial charge is 0.133 e. The fourth-order valence-electron chi connectivity index (χ4n) is 3.08. The molecule has 0 spiro atoms. The fraction of sp³-hybridized carbons (Fsp3) is 0.471. The highest BCUT2D eigenvalue weighted by Crippen LogP contribution is 2.29. The molecule has 0 saturated heterocycles. The molecule has 21 heavy (non-hydrogen) atoms. The summed E-state index contributed by atoms with van der Waals surface area (Å²) in [6, 6.07) is 8.09. The number of anilines is 1. The van der Waals surface area contributed by atoms with Crippen molar-refractivity contribution < 1.29 is 4.74 Å². The molecule has 1 heterocycles. The molecule has 1 fully saturated rings. The third-order valence-corrected chi connectivity index (χ3v) is 4.64. The van der Waals surface area contributed by atoms with Crippen molar-refractivity contribution in [1.82, 2.24) is 4.98 Å². The van der Waals surface area contributed by atoms with E-state index in [1.807, 2.05) is 24.4 Å². The fourth-order valence-corrected chi connectivity index (χ4v) is 3.48. The van der Waals surface area contributed by atoms with Gasteiger partial charge in [-0.05, 0) is 54.8 Å². The highest BCUT2D eigenvalue weighted by molar-refractivity contribution is 6.20. The van der Waals surface area contributed by atoms with Crippen LogP contribution in [0.2, 0.25) is 0 Å². The van der Waals surface area contributed by atoms with Crippen molar-refractivity contribution in [2.24, 2.45) is 5.92 Å². The summed E-state index contributed by atoms with van der Waals surface area (Å²) in [7, 11) is 1.69. The van der Waals surface area contributed by atoms with Crippen molar-refractivity contribution in [3.05, 3.63) is 30.5 Å². The molecule has 1 aliphatic rings. The van der Waals surface area contributed by atoms with Gasteiger partial charge in [0.25, 0.3) is 0 Å². The molecular weight excluding hydrogens is 284 g/mol. The number of rotatable bonds is 4. The molecule has 0 radical (unpaired) electrons. The number of alkyl halides is 1. The number of benzene rings is 1. The maximum Gasteiger partial charge on any atom is 0.133 e. The van der Waals surface area contributed by atoms with E-state index in [4.69, 9.17) is 16.3 Å². The average molecular weight is 305 g/mol. The Kier molecular flexibility index (Phi) is 4.49. The second kappa shape index (κ2) is 6.52. The molecule has 1 aliphatic carbocycles. The Balaban J connectivity index is 1.74. The standard InChI is InChI=1S/C17H21ClN2O/c1-21-15-5-6-16-13(10-15)7-8-19-17(16)20-11-12-3-2-4-14(18)9-12/h5-8,10,12,14H,2-4,9,11H2,1H3,(H,19,20). The molecule has 3 nitrogen and oxygen atoms in total. The molecule has 4 heteroatoms. The van der Waals surface area contributed by atoms with Crippen molar-refractivity contribution in [3.63, 3.8) is 0 Å². The minimum Gasteiger partial charge on any atom is -0.497 e. The minimum atomic E-state index is 0.343. The predicted molar refractivity (Wildman–Crippen MR) is 88.4 cm³/mol. The van der Waals surface area contributed by atoms with Gasteiger partial charge in [0.1, 0.15) is 11.6 Å². The first-order chi connectivity index (χ1) is 10.3. The van der Waals surface area contributed by atoms with E-state index in [1.54, 1.807) is 7.11 Å². The van der Waals surface area contributed by atoms with Gasteiger partial charge in [-0.3, -0.25) is 0 Å². The van der Waals surface area contributed by atoms with E-state index in [2.05, 4.69) is 16.4 Å². The largest absolute Gasteiger partial charge is 0.497 e. The second-order valence-corrected chi connectivity index (χ2v) is 6.37. The molecule has 2 aromatic rings. The van der Waals surface area contributed by atoms with E-state index < -0.39 is 0 Å². The minimum absolute atomic E-state index is 0.343. The zero-order valence-electron chi connectivity index (χ0n) is 12.3. The van der Waals surface area contributed by atoms with Crippen LogP contribution in [0.5, 0.6) is 5.75 Å². The van der Waals surface area contributed by atoms with Gasteiger partial charge in [-0.15, -0.1) is 11.6 Å². The lowest BCUT2D eigenvalue weighted by molar-refractivity contribution is 0.378. The van der Waals surface area contributed by atoms with Gasteiger partial charge in [-0.2, -0.15) is 0 Å². The number of nitrogens with zero attached hydrogens (tertiary/aromatic N) is 1. The summed E-state index contributed by atoms with van der Waals surface area (Å²) in [5.74, 6) is 2.47. The number of ether oxygens (including phenoxy) is 1. The number of halogens is 1. The number of nitrogens with one attached hydrogen (secondary N) is 1. The second-order valence-electron chi connectivity index (χ2n) is 5.76. The number of methoxy groups -OCH3 is 1. The highest BCUT2D eigenvalue weighted by atomic mass is 35.5. The summed E-state index contributed by atoms with van der Waals surface area (Å²) >= 11 is 6.26. The van der Waals surface area contributed by atoms with Crippen LogP contribution in [-0.2, 0) is 0 Å². The molecule has 0 aliphatic heterocycles. The summed E-state index contributed by atoms with van der Waals surface area (Å²) in [6.45, 7) is 0.946. The Hall–Kier alpha value is -1.48. The maximum absolute atomic E-state index is 6.26. The molecular formula is C17H21ClN2O. The van der Waals surface area contributed by atoms with Gasteiger partial charge >= 0.3 is 0 Å². The van der Waals surface area contributed by atoms with E-state index in [1.165, 1.54) is 12.8 Å². The van der Waals surface area contributed by atoms with Crippen molar-refractivity contribution in [1.29, 1.82) is 0 Å². The number of pyridine rings is 1. The predicted octanol–water partition coefficient (Wildman–Crippen LogP) is 4.45.